The molecule has 0 aromatic carbocycles. The van der Waals surface area contributed by atoms with E-state index in [1.807, 2.05) is 6.92 Å². The zero-order valence-corrected chi connectivity index (χ0v) is 13.3. The highest BCUT2D eigenvalue weighted by Crippen LogP contribution is 2.19. The smallest absolute Gasteiger partial charge is 0.282 e. The summed E-state index contributed by atoms with van der Waals surface area (Å²) in [4.78, 5) is 11.6. The molecule has 1 rings (SSSR count). The molecule has 0 unspecified atom stereocenters. The lowest BCUT2D eigenvalue weighted by atomic mass is 10.0. The Balaban J connectivity index is 2.51. The molecule has 0 saturated carbocycles. The summed E-state index contributed by atoms with van der Waals surface area (Å²) >= 11 is 0. The molecule has 0 aliphatic carbocycles. The predicted octanol–water partition coefficient (Wildman–Crippen LogP) is -0.342. The Bertz CT molecular complexity index is 413. The molecule has 1 fully saturated rings. The average molecular weight is 307 g/mol. The molecular formula is C12H25N3O4S. The Labute approximate surface area is 121 Å². The number of nitrogens with one attached hydrogen (secondary N) is 1. The van der Waals surface area contributed by atoms with Gasteiger partial charge < -0.3 is 10.1 Å². The van der Waals surface area contributed by atoms with E-state index in [4.69, 9.17) is 4.74 Å². The molecule has 0 spiro atoms. The average Bonchev–Trinajstić information content (AvgIpc) is 2.39. The van der Waals surface area contributed by atoms with E-state index >= 15 is 0 Å². The largest absolute Gasteiger partial charge is 0.383 e. The molecule has 8 heteroatoms. The van der Waals surface area contributed by atoms with E-state index in [2.05, 4.69) is 5.32 Å². The summed E-state index contributed by atoms with van der Waals surface area (Å²) in [6, 6.07) is 0. The Morgan fingerprint density at radius 3 is 2.80 bits per heavy atom. The first-order valence-electron chi connectivity index (χ1n) is 6.85. The van der Waals surface area contributed by atoms with Crippen LogP contribution < -0.4 is 5.32 Å². The van der Waals surface area contributed by atoms with Gasteiger partial charge in [0.2, 0.25) is 5.91 Å². The van der Waals surface area contributed by atoms with Crippen LogP contribution in [0.25, 0.3) is 0 Å². The quantitative estimate of drug-likeness (QED) is 0.653. The molecular weight excluding hydrogens is 282 g/mol. The van der Waals surface area contributed by atoms with Gasteiger partial charge in [-0.15, -0.1) is 0 Å². The molecule has 1 aliphatic heterocycles. The first-order valence-corrected chi connectivity index (χ1v) is 8.24. The lowest BCUT2D eigenvalue weighted by molar-refractivity contribution is -0.121. The summed E-state index contributed by atoms with van der Waals surface area (Å²) in [7, 11) is -0.569. The van der Waals surface area contributed by atoms with Gasteiger partial charge in [-0.25, -0.2) is 0 Å². The molecule has 20 heavy (non-hydrogen) atoms. The fraction of sp³-hybridized carbons (Fsp3) is 0.917. The third kappa shape index (κ3) is 5.01. The highest BCUT2D eigenvalue weighted by Gasteiger charge is 2.31. The third-order valence-corrected chi connectivity index (χ3v) is 5.24. The number of ether oxygens (including phenoxy) is 1. The number of piperidine rings is 1. The maximum atomic E-state index is 12.3. The fourth-order valence-electron chi connectivity index (χ4n) is 2.19. The zero-order chi connectivity index (χ0) is 15.2. The van der Waals surface area contributed by atoms with Crippen molar-refractivity contribution in [2.75, 3.05) is 46.9 Å². The van der Waals surface area contributed by atoms with Crippen molar-refractivity contribution < 1.29 is 17.9 Å². The second-order valence-electron chi connectivity index (χ2n) is 5.21. The second-order valence-corrected chi connectivity index (χ2v) is 7.25. The normalized spacial score (nSPS) is 21.1. The number of rotatable bonds is 7. The number of methoxy groups -OCH3 is 1. The van der Waals surface area contributed by atoms with Crippen molar-refractivity contribution in [2.24, 2.45) is 5.92 Å². The van der Waals surface area contributed by atoms with E-state index in [9.17, 15) is 13.2 Å². The molecule has 0 aromatic heterocycles. The van der Waals surface area contributed by atoms with E-state index in [1.54, 1.807) is 7.11 Å². The van der Waals surface area contributed by atoms with E-state index in [0.717, 1.165) is 17.1 Å². The number of amides is 1. The number of nitrogens with zero attached hydrogens (tertiary/aromatic N) is 2. The van der Waals surface area contributed by atoms with Crippen LogP contribution in [-0.4, -0.2) is 69.9 Å². The summed E-state index contributed by atoms with van der Waals surface area (Å²) in [6.07, 6.45) is 1.92. The minimum atomic E-state index is -3.55. The van der Waals surface area contributed by atoms with Gasteiger partial charge in [0, 0.05) is 33.8 Å². The number of likely N-dealkylation sites (N-methyl/N-ethyl adjacent to an activating group) is 1. The van der Waals surface area contributed by atoms with Gasteiger partial charge in [0.15, 0.2) is 0 Å². The minimum absolute atomic E-state index is 0.170. The number of carbonyl (C=O) groups is 1. The van der Waals surface area contributed by atoms with Gasteiger partial charge in [-0.3, -0.25) is 4.79 Å². The van der Waals surface area contributed by atoms with Crippen molar-refractivity contribution in [3.63, 3.8) is 0 Å². The molecule has 1 atom stereocenters. The van der Waals surface area contributed by atoms with Crippen LogP contribution in [0.3, 0.4) is 0 Å². The Morgan fingerprint density at radius 1 is 1.50 bits per heavy atom. The van der Waals surface area contributed by atoms with Gasteiger partial charge >= 0.3 is 0 Å². The van der Waals surface area contributed by atoms with Crippen LogP contribution in [0.2, 0.25) is 0 Å². The fourth-order valence-corrected chi connectivity index (χ4v) is 3.66. The standard InChI is InChI=1S/C12H25N3O4S/c1-11-5-4-7-15(9-11)20(17,18)14(2)10-12(16)13-6-8-19-3/h11H,4-10H2,1-3H3,(H,13,16)/t11-/m0/s1. The van der Waals surface area contributed by atoms with E-state index in [1.165, 1.54) is 11.4 Å². The topological polar surface area (TPSA) is 79.0 Å². The Hall–Kier alpha value is -0.700. The summed E-state index contributed by atoms with van der Waals surface area (Å²) in [5, 5.41) is 2.61. The summed E-state index contributed by atoms with van der Waals surface area (Å²) in [5.41, 5.74) is 0. The van der Waals surface area contributed by atoms with Gasteiger partial charge in [0.25, 0.3) is 10.2 Å². The molecule has 1 aliphatic rings. The maximum absolute atomic E-state index is 12.3. The predicted molar refractivity (Wildman–Crippen MR) is 76.4 cm³/mol. The molecule has 1 amide bonds. The van der Waals surface area contributed by atoms with Crippen molar-refractivity contribution in [3.8, 4) is 0 Å². The van der Waals surface area contributed by atoms with Gasteiger partial charge in [-0.1, -0.05) is 6.92 Å². The summed E-state index contributed by atoms with van der Waals surface area (Å²) < 4.78 is 32.1. The maximum Gasteiger partial charge on any atom is 0.282 e. The Kier molecular flexibility index (Phi) is 6.87. The van der Waals surface area contributed by atoms with Gasteiger partial charge in [0.05, 0.1) is 13.2 Å². The summed E-state index contributed by atoms with van der Waals surface area (Å²) in [6.45, 7) is 3.71. The summed E-state index contributed by atoms with van der Waals surface area (Å²) in [5.74, 6) is 0.0423. The molecule has 118 valence electrons. The van der Waals surface area contributed by atoms with Crippen LogP contribution in [0.5, 0.6) is 0 Å². The van der Waals surface area contributed by atoms with Crippen LogP contribution in [0.4, 0.5) is 0 Å². The van der Waals surface area contributed by atoms with Crippen molar-refractivity contribution in [1.82, 2.24) is 13.9 Å². The first-order chi connectivity index (χ1) is 9.37. The highest BCUT2D eigenvalue weighted by molar-refractivity contribution is 7.86. The first kappa shape index (κ1) is 17.4. The molecule has 1 saturated heterocycles. The van der Waals surface area contributed by atoms with Crippen LogP contribution in [0, 0.1) is 5.92 Å². The molecule has 1 heterocycles. The van der Waals surface area contributed by atoms with Crippen LogP contribution in [0.15, 0.2) is 0 Å². The van der Waals surface area contributed by atoms with Gasteiger partial charge in [0.1, 0.15) is 0 Å². The second kappa shape index (κ2) is 7.92. The Morgan fingerprint density at radius 2 is 2.20 bits per heavy atom. The minimum Gasteiger partial charge on any atom is -0.383 e. The molecule has 1 N–H and O–H groups in total. The molecule has 0 radical (unpaired) electrons. The monoisotopic (exact) mass is 307 g/mol. The number of hydrogen-bond donors (Lipinski definition) is 1. The number of hydrogen-bond acceptors (Lipinski definition) is 4. The lowest BCUT2D eigenvalue weighted by Crippen LogP contribution is -2.49. The van der Waals surface area contributed by atoms with Crippen molar-refractivity contribution in [2.45, 2.75) is 19.8 Å². The number of carbonyl (C=O) groups excluding carboxylic acids is 1. The molecule has 0 aromatic rings. The lowest BCUT2D eigenvalue weighted by Gasteiger charge is -2.32. The molecule has 7 nitrogen and oxygen atoms in total. The van der Waals surface area contributed by atoms with Crippen molar-refractivity contribution in [3.05, 3.63) is 0 Å². The molecule has 0 bridgehead atoms. The van der Waals surface area contributed by atoms with Crippen LogP contribution in [0.1, 0.15) is 19.8 Å². The van der Waals surface area contributed by atoms with Crippen LogP contribution >= 0.6 is 0 Å². The highest BCUT2D eigenvalue weighted by atomic mass is 32.2. The van der Waals surface area contributed by atoms with Gasteiger partial charge in [-0.05, 0) is 18.8 Å². The van der Waals surface area contributed by atoms with E-state index in [-0.39, 0.29) is 12.5 Å². The SMILES string of the molecule is COCCNC(=O)CN(C)S(=O)(=O)N1CCC[C@H](C)C1. The van der Waals surface area contributed by atoms with Crippen molar-refractivity contribution in [1.29, 1.82) is 0 Å². The van der Waals surface area contributed by atoms with E-state index < -0.39 is 10.2 Å². The third-order valence-electron chi connectivity index (χ3n) is 3.33. The zero-order valence-electron chi connectivity index (χ0n) is 12.5. The van der Waals surface area contributed by atoms with Crippen molar-refractivity contribution >= 4 is 16.1 Å². The van der Waals surface area contributed by atoms with Crippen LogP contribution in [-0.2, 0) is 19.7 Å². The van der Waals surface area contributed by atoms with Gasteiger partial charge in [-0.2, -0.15) is 17.0 Å². The van der Waals surface area contributed by atoms with E-state index in [0.29, 0.717) is 32.2 Å².